The zero-order chi connectivity index (χ0) is 20.3. The quantitative estimate of drug-likeness (QED) is 0.626. The first-order valence-electron chi connectivity index (χ1n) is 10.4. The molecule has 0 aliphatic heterocycles. The number of hydrogen-bond donors (Lipinski definition) is 3. The van der Waals surface area contributed by atoms with Gasteiger partial charge in [0.25, 0.3) is 0 Å². The maximum Gasteiger partial charge on any atom is 0.0637 e. The predicted molar refractivity (Wildman–Crippen MR) is 119 cm³/mol. The molecular formula is C24H34N4. The van der Waals surface area contributed by atoms with Gasteiger partial charge in [0.1, 0.15) is 0 Å². The van der Waals surface area contributed by atoms with Gasteiger partial charge < -0.3 is 16.8 Å². The van der Waals surface area contributed by atoms with Gasteiger partial charge in [0, 0.05) is 47.6 Å². The van der Waals surface area contributed by atoms with Crippen molar-refractivity contribution in [2.45, 2.75) is 59.4 Å². The molecule has 0 saturated heterocycles. The molecule has 0 bridgehead atoms. The molecule has 0 radical (unpaired) electrons. The molecule has 4 heteroatoms. The van der Waals surface area contributed by atoms with Crippen LogP contribution in [0, 0.1) is 11.8 Å². The summed E-state index contributed by atoms with van der Waals surface area (Å²) in [6.07, 6.45) is 16.7. The molecule has 0 aromatic heterocycles. The molecule has 0 fully saturated rings. The Balaban J connectivity index is 1.96. The van der Waals surface area contributed by atoms with Crippen LogP contribution < -0.4 is 16.8 Å². The van der Waals surface area contributed by atoms with Gasteiger partial charge in [0.05, 0.1) is 5.70 Å². The summed E-state index contributed by atoms with van der Waals surface area (Å²) in [5.41, 5.74) is 20.3. The van der Waals surface area contributed by atoms with Gasteiger partial charge in [-0.2, -0.15) is 0 Å². The Bertz CT molecular complexity index is 833. The van der Waals surface area contributed by atoms with Crippen LogP contribution in [0.4, 0.5) is 0 Å². The van der Waals surface area contributed by atoms with E-state index in [0.717, 1.165) is 59.8 Å². The fourth-order valence-corrected chi connectivity index (χ4v) is 3.71. The molecule has 0 heterocycles. The smallest absolute Gasteiger partial charge is 0.0637 e. The number of nitrogens with zero attached hydrogens (tertiary/aromatic N) is 1. The van der Waals surface area contributed by atoms with E-state index in [2.05, 4.69) is 69.5 Å². The van der Waals surface area contributed by atoms with Crippen molar-refractivity contribution in [3.05, 3.63) is 70.4 Å². The van der Waals surface area contributed by atoms with Crippen molar-refractivity contribution in [3.8, 4) is 0 Å². The van der Waals surface area contributed by atoms with Crippen molar-refractivity contribution in [2.24, 2.45) is 28.3 Å². The predicted octanol–water partition coefficient (Wildman–Crippen LogP) is 4.60. The van der Waals surface area contributed by atoms with Crippen molar-refractivity contribution < 1.29 is 0 Å². The molecule has 3 aliphatic carbocycles. The first-order valence-corrected chi connectivity index (χ1v) is 10.4. The standard InChI is InChI=1S/C24H34N4/c1-5-18-13-23(17(4)12-21(18)26)28-22-11-8-16(3)20(25)14-24(22)27-19-9-6-15(2)7-10-19/h6,8-10,12-13,15,17,20,27H,5,7,11,14,25-26H2,1-4H3. The molecule has 0 spiro atoms. The van der Waals surface area contributed by atoms with E-state index < -0.39 is 0 Å². The highest BCUT2D eigenvalue weighted by Crippen LogP contribution is 2.27. The van der Waals surface area contributed by atoms with Crippen LogP contribution >= 0.6 is 0 Å². The number of hydrogen-bond acceptors (Lipinski definition) is 4. The molecule has 4 nitrogen and oxygen atoms in total. The molecular weight excluding hydrogens is 344 g/mol. The van der Waals surface area contributed by atoms with Gasteiger partial charge in [0.2, 0.25) is 0 Å². The number of rotatable bonds is 4. The van der Waals surface area contributed by atoms with Crippen LogP contribution in [0.1, 0.15) is 53.4 Å². The third-order valence-corrected chi connectivity index (χ3v) is 5.82. The fraction of sp³-hybridized carbons (Fsp3) is 0.458. The third kappa shape index (κ3) is 4.74. The highest BCUT2D eigenvalue weighted by molar-refractivity contribution is 6.00. The highest BCUT2D eigenvalue weighted by atomic mass is 14.9. The van der Waals surface area contributed by atoms with Gasteiger partial charge in [0.15, 0.2) is 0 Å². The van der Waals surface area contributed by atoms with E-state index in [9.17, 15) is 0 Å². The van der Waals surface area contributed by atoms with Crippen molar-refractivity contribution in [1.29, 1.82) is 0 Å². The van der Waals surface area contributed by atoms with E-state index in [4.69, 9.17) is 16.5 Å². The largest absolute Gasteiger partial charge is 0.399 e. The van der Waals surface area contributed by atoms with Crippen LogP contribution in [0.3, 0.4) is 0 Å². The van der Waals surface area contributed by atoms with Crippen LogP contribution in [0.5, 0.6) is 0 Å². The molecule has 3 unspecified atom stereocenters. The summed E-state index contributed by atoms with van der Waals surface area (Å²) < 4.78 is 0. The summed E-state index contributed by atoms with van der Waals surface area (Å²) in [5, 5.41) is 3.63. The Morgan fingerprint density at radius 2 is 2.04 bits per heavy atom. The molecule has 28 heavy (non-hydrogen) atoms. The Morgan fingerprint density at radius 1 is 1.25 bits per heavy atom. The summed E-state index contributed by atoms with van der Waals surface area (Å²) in [4.78, 5) is 5.11. The minimum atomic E-state index is 0.0216. The molecule has 3 atom stereocenters. The normalized spacial score (nSPS) is 29.8. The number of nitrogens with one attached hydrogen (secondary N) is 1. The average Bonchev–Trinajstić information content (AvgIpc) is 2.79. The molecule has 0 aromatic rings. The van der Waals surface area contributed by atoms with Crippen LogP contribution in [-0.4, -0.2) is 11.8 Å². The van der Waals surface area contributed by atoms with Crippen LogP contribution in [0.2, 0.25) is 0 Å². The van der Waals surface area contributed by atoms with Crippen LogP contribution in [0.15, 0.2) is 75.4 Å². The zero-order valence-electron chi connectivity index (χ0n) is 17.6. The maximum absolute atomic E-state index is 6.41. The second kappa shape index (κ2) is 8.78. The number of nitrogens with two attached hydrogens (primary N) is 2. The van der Waals surface area contributed by atoms with Gasteiger partial charge in [-0.3, -0.25) is 4.99 Å². The summed E-state index contributed by atoms with van der Waals surface area (Å²) in [6.45, 7) is 8.63. The molecule has 0 saturated carbocycles. The molecule has 3 rings (SSSR count). The lowest BCUT2D eigenvalue weighted by atomic mass is 9.92. The monoisotopic (exact) mass is 378 g/mol. The lowest BCUT2D eigenvalue weighted by Gasteiger charge is -2.21. The minimum absolute atomic E-state index is 0.0216. The van der Waals surface area contributed by atoms with E-state index in [1.54, 1.807) is 0 Å². The van der Waals surface area contributed by atoms with Crippen LogP contribution in [0.25, 0.3) is 0 Å². The minimum Gasteiger partial charge on any atom is -0.399 e. The molecule has 0 amide bonds. The lowest BCUT2D eigenvalue weighted by Crippen LogP contribution is -2.26. The lowest BCUT2D eigenvalue weighted by molar-refractivity contribution is 0.697. The van der Waals surface area contributed by atoms with E-state index in [1.807, 2.05) is 0 Å². The second-order valence-corrected chi connectivity index (χ2v) is 8.22. The first kappa shape index (κ1) is 20.4. The maximum atomic E-state index is 6.41. The molecule has 5 N–H and O–H groups in total. The van der Waals surface area contributed by atoms with E-state index in [0.29, 0.717) is 5.92 Å². The first-order chi connectivity index (χ1) is 13.4. The average molecular weight is 379 g/mol. The van der Waals surface area contributed by atoms with Crippen molar-refractivity contribution in [2.75, 3.05) is 0 Å². The van der Waals surface area contributed by atoms with Gasteiger partial charge in [-0.25, -0.2) is 0 Å². The summed E-state index contributed by atoms with van der Waals surface area (Å²) in [7, 11) is 0. The molecule has 0 aromatic carbocycles. The number of aliphatic imine (C=N–C) groups is 1. The van der Waals surface area contributed by atoms with Crippen molar-refractivity contribution in [3.63, 3.8) is 0 Å². The highest BCUT2D eigenvalue weighted by Gasteiger charge is 2.20. The van der Waals surface area contributed by atoms with Crippen LogP contribution in [-0.2, 0) is 0 Å². The van der Waals surface area contributed by atoms with E-state index >= 15 is 0 Å². The second-order valence-electron chi connectivity index (χ2n) is 8.22. The molecule has 150 valence electrons. The van der Waals surface area contributed by atoms with Gasteiger partial charge in [-0.05, 0) is 43.4 Å². The Morgan fingerprint density at radius 3 is 2.71 bits per heavy atom. The SMILES string of the molecule is CCC1=CC(=NC2=C(NC3=CCC(C)C=C3)CC(N)C(C)=CC2)C(C)C=C1N. The Hall–Kier alpha value is -2.33. The third-order valence-electron chi connectivity index (χ3n) is 5.82. The van der Waals surface area contributed by atoms with Crippen molar-refractivity contribution in [1.82, 2.24) is 5.32 Å². The zero-order valence-corrected chi connectivity index (χ0v) is 17.6. The Kier molecular flexibility index (Phi) is 6.40. The Labute approximate surface area is 169 Å². The summed E-state index contributed by atoms with van der Waals surface area (Å²) in [6, 6.07) is 0.0216. The van der Waals surface area contributed by atoms with Gasteiger partial charge >= 0.3 is 0 Å². The summed E-state index contributed by atoms with van der Waals surface area (Å²) in [5.74, 6) is 0.804. The topological polar surface area (TPSA) is 76.4 Å². The van der Waals surface area contributed by atoms with E-state index in [-0.39, 0.29) is 12.0 Å². The van der Waals surface area contributed by atoms with Crippen molar-refractivity contribution >= 4 is 5.71 Å². The van der Waals surface area contributed by atoms with E-state index in [1.165, 1.54) is 5.57 Å². The summed E-state index contributed by atoms with van der Waals surface area (Å²) >= 11 is 0. The van der Waals surface area contributed by atoms with Gasteiger partial charge in [-0.15, -0.1) is 0 Å². The number of allylic oxidation sites excluding steroid dienone is 7. The van der Waals surface area contributed by atoms with Gasteiger partial charge in [-0.1, -0.05) is 50.6 Å². The fourth-order valence-electron chi connectivity index (χ4n) is 3.71. The molecule has 3 aliphatic rings.